The lowest BCUT2D eigenvalue weighted by atomic mass is 9.95. The van der Waals surface area contributed by atoms with Gasteiger partial charge in [-0.15, -0.1) is 0 Å². The summed E-state index contributed by atoms with van der Waals surface area (Å²) in [7, 11) is 0. The molecule has 0 radical (unpaired) electrons. The van der Waals surface area contributed by atoms with Gasteiger partial charge in [0, 0.05) is 25.8 Å². The van der Waals surface area contributed by atoms with E-state index >= 15 is 0 Å². The van der Waals surface area contributed by atoms with Gasteiger partial charge in [-0.3, -0.25) is 13.7 Å². The summed E-state index contributed by atoms with van der Waals surface area (Å²) >= 11 is 0. The van der Waals surface area contributed by atoms with Crippen molar-refractivity contribution in [1.82, 2.24) is 14.1 Å². The molecule has 8 aromatic carbocycles. The SMILES string of the molecule is [2H]c1c([2H])c([2H])c(-c2cccc(-c3c([2H])c([2H])c([2H])c([2H])c3[2H])c2-[n+]2[c-]n(-c3cccc(Oc4ccc5c6cc(-c7ccccc7)ccc6n(-c6cc(C([2H])([2H])C(C)C)ccn6)c5c4)c3)c3cccc(C)c32)c([2H])c1[2H]. The Morgan fingerprint density at radius 2 is 1.34 bits per heavy atom. The van der Waals surface area contributed by atoms with E-state index in [9.17, 15) is 0 Å². The predicted octanol–water partition coefficient (Wildman–Crippen LogP) is 14.5. The lowest BCUT2D eigenvalue weighted by Gasteiger charge is -2.17. The average Bonchev–Trinajstić information content (AvgIpc) is 4.01. The fourth-order valence-corrected chi connectivity index (χ4v) is 8.54. The molecule has 0 unspecified atom stereocenters. The summed E-state index contributed by atoms with van der Waals surface area (Å²) < 4.78 is 118. The summed E-state index contributed by atoms with van der Waals surface area (Å²) in [6.07, 6.45) is 3.50. The molecule has 0 spiro atoms. The second-order valence-electron chi connectivity index (χ2n) is 15.8. The molecule has 3 aromatic heterocycles. The van der Waals surface area contributed by atoms with Crippen LogP contribution in [0.3, 0.4) is 0 Å². The van der Waals surface area contributed by atoms with E-state index in [0.29, 0.717) is 39.6 Å². The monoisotopic (exact) mass is 838 g/mol. The van der Waals surface area contributed by atoms with Crippen LogP contribution in [0.15, 0.2) is 206 Å². The molecule has 308 valence electrons. The Labute approximate surface area is 390 Å². The number of fused-ring (bicyclic) bond motifs is 4. The maximum absolute atomic E-state index is 9.07. The third-order valence-electron chi connectivity index (χ3n) is 11.3. The Morgan fingerprint density at radius 3 is 2.09 bits per heavy atom. The van der Waals surface area contributed by atoms with Crippen LogP contribution in [0.2, 0.25) is 0 Å². The van der Waals surface area contributed by atoms with Crippen LogP contribution in [0.1, 0.15) is 41.4 Å². The number of pyridine rings is 1. The van der Waals surface area contributed by atoms with Crippen molar-refractivity contribution in [3.63, 3.8) is 0 Å². The van der Waals surface area contributed by atoms with Crippen molar-refractivity contribution in [3.05, 3.63) is 224 Å². The fourth-order valence-electron chi connectivity index (χ4n) is 8.54. The molecule has 0 aliphatic heterocycles. The number of aryl methyl sites for hydroxylation is 1. The Kier molecular flexibility index (Phi) is 7.11. The highest BCUT2D eigenvalue weighted by Crippen LogP contribution is 2.39. The number of ether oxygens (including phenoxy) is 1. The molecule has 5 heteroatoms. The van der Waals surface area contributed by atoms with E-state index in [-0.39, 0.29) is 33.9 Å². The van der Waals surface area contributed by atoms with Gasteiger partial charge >= 0.3 is 0 Å². The first-order valence-corrected chi connectivity index (χ1v) is 21.0. The van der Waals surface area contributed by atoms with Gasteiger partial charge in [0.2, 0.25) is 0 Å². The highest BCUT2D eigenvalue weighted by atomic mass is 16.5. The van der Waals surface area contributed by atoms with E-state index in [2.05, 4.69) is 36.7 Å². The van der Waals surface area contributed by atoms with Gasteiger partial charge < -0.3 is 4.74 Å². The van der Waals surface area contributed by atoms with Crippen LogP contribution in [0.5, 0.6) is 11.5 Å². The minimum atomic E-state index is -1.61. The molecule has 0 bridgehead atoms. The zero-order valence-electron chi connectivity index (χ0n) is 47.1. The van der Waals surface area contributed by atoms with Crippen LogP contribution < -0.4 is 9.30 Å². The van der Waals surface area contributed by atoms with E-state index in [1.165, 1.54) is 0 Å². The maximum Gasteiger partial charge on any atom is 0.269 e. The smallest absolute Gasteiger partial charge is 0.269 e. The average molecular weight is 839 g/mol. The third-order valence-corrected chi connectivity index (χ3v) is 11.3. The van der Waals surface area contributed by atoms with Crippen molar-refractivity contribution in [2.75, 3.05) is 0 Å². The molecular formula is C59H46N4O. The van der Waals surface area contributed by atoms with Crippen LogP contribution in [0.4, 0.5) is 0 Å². The minimum absolute atomic E-state index is 0.145. The van der Waals surface area contributed by atoms with Gasteiger partial charge in [-0.1, -0.05) is 153 Å². The molecule has 5 nitrogen and oxygen atoms in total. The molecule has 0 atom stereocenters. The van der Waals surface area contributed by atoms with Gasteiger partial charge in [-0.05, 0) is 118 Å². The summed E-state index contributed by atoms with van der Waals surface area (Å²) in [6, 6.07) is 38.3. The van der Waals surface area contributed by atoms with Crippen molar-refractivity contribution in [3.8, 4) is 62.1 Å². The van der Waals surface area contributed by atoms with Crippen LogP contribution in [-0.2, 0) is 6.37 Å². The van der Waals surface area contributed by atoms with Crippen LogP contribution in [-0.4, -0.2) is 14.1 Å². The number of para-hydroxylation sites is 2. The van der Waals surface area contributed by atoms with Gasteiger partial charge in [0.05, 0.1) is 47.1 Å². The van der Waals surface area contributed by atoms with Gasteiger partial charge in [0.1, 0.15) is 17.3 Å². The number of nitrogens with zero attached hydrogens (tertiary/aromatic N) is 4. The molecule has 0 aliphatic carbocycles. The molecule has 0 N–H and O–H groups in total. The van der Waals surface area contributed by atoms with Gasteiger partial charge in [-0.25, -0.2) is 4.98 Å². The number of benzene rings is 8. The number of hydrogen-bond donors (Lipinski definition) is 0. The number of hydrogen-bond acceptors (Lipinski definition) is 2. The quantitative estimate of drug-likeness (QED) is 0.102. The van der Waals surface area contributed by atoms with E-state index < -0.39 is 66.8 Å². The van der Waals surface area contributed by atoms with E-state index in [0.717, 1.165) is 38.5 Å². The van der Waals surface area contributed by atoms with Gasteiger partial charge in [-0.2, -0.15) is 0 Å². The molecule has 64 heavy (non-hydrogen) atoms. The molecule has 3 heterocycles. The van der Waals surface area contributed by atoms with Gasteiger partial charge in [0.15, 0.2) is 0 Å². The highest BCUT2D eigenvalue weighted by molar-refractivity contribution is 6.10. The lowest BCUT2D eigenvalue weighted by Crippen LogP contribution is -2.32. The molecule has 0 fully saturated rings. The third kappa shape index (κ3) is 7.11. The standard InChI is InChI=1S/C59H46N4O/c1-40(2)34-42-32-33-60-57(35-42)63-54-31-28-46(43-17-7-4-8-18-43)36-53(54)52-30-29-49(38-56(52)63)64-48-24-14-23-47(37-48)61-39-62(58-41(3)16-13-27-55(58)61)59-50(44-19-9-5-10-20-44)25-15-26-51(59)45-21-11-6-12-22-45/h4-33,35-38,40H,34H2,1-3H3/i5D,6D,9D,10D,11D,12D,19D,20D,21D,22D,34D2. The molecule has 0 saturated carbocycles. The predicted molar refractivity (Wildman–Crippen MR) is 262 cm³/mol. The van der Waals surface area contributed by atoms with E-state index in [1.54, 1.807) is 39.6 Å². The van der Waals surface area contributed by atoms with Crippen molar-refractivity contribution in [1.29, 1.82) is 0 Å². The molecule has 0 aliphatic rings. The summed E-state index contributed by atoms with van der Waals surface area (Å²) in [5, 5.41) is 1.92. The maximum atomic E-state index is 9.07. The Balaban J connectivity index is 1.08. The molecule has 0 saturated heterocycles. The van der Waals surface area contributed by atoms with Crippen molar-refractivity contribution >= 4 is 32.8 Å². The van der Waals surface area contributed by atoms with E-state index in [1.807, 2.05) is 110 Å². The molecule has 11 rings (SSSR count). The molecular weight excluding hydrogens is 781 g/mol. The first-order chi connectivity index (χ1) is 36.4. The Hall–Kier alpha value is -8.02. The first kappa shape index (κ1) is 27.8. The summed E-state index contributed by atoms with van der Waals surface area (Å²) in [5.41, 5.74) is 7.03. The van der Waals surface area contributed by atoms with Crippen LogP contribution in [0, 0.1) is 19.2 Å². The zero-order valence-corrected chi connectivity index (χ0v) is 35.1. The lowest BCUT2D eigenvalue weighted by molar-refractivity contribution is -0.571. The largest absolute Gasteiger partial charge is 0.458 e. The minimum Gasteiger partial charge on any atom is -0.458 e. The molecule has 11 aromatic rings. The number of aromatic nitrogens is 4. The summed E-state index contributed by atoms with van der Waals surface area (Å²) in [6.45, 7) is 5.60. The van der Waals surface area contributed by atoms with Crippen molar-refractivity contribution in [2.24, 2.45) is 5.92 Å². The normalized spacial score (nSPS) is 14.4. The second-order valence-corrected chi connectivity index (χ2v) is 15.8. The summed E-state index contributed by atoms with van der Waals surface area (Å²) in [4.78, 5) is 4.80. The number of rotatable bonds is 10. The van der Waals surface area contributed by atoms with E-state index in [4.69, 9.17) is 26.2 Å². The fraction of sp³-hybridized carbons (Fsp3) is 0.0847. The highest BCUT2D eigenvalue weighted by Gasteiger charge is 2.21. The van der Waals surface area contributed by atoms with Crippen molar-refractivity contribution in [2.45, 2.75) is 27.1 Å². The Morgan fingerprint density at radius 1 is 0.625 bits per heavy atom. The second kappa shape index (κ2) is 16.4. The van der Waals surface area contributed by atoms with Crippen LogP contribution in [0.25, 0.3) is 83.4 Å². The summed E-state index contributed by atoms with van der Waals surface area (Å²) in [5.74, 6) is 1.23. The van der Waals surface area contributed by atoms with Gasteiger partial charge in [0.25, 0.3) is 6.33 Å². The zero-order chi connectivity index (χ0) is 53.6. The van der Waals surface area contributed by atoms with Crippen LogP contribution >= 0.6 is 0 Å². The number of imidazole rings is 1. The Bertz CT molecular complexity index is 4040. The topological polar surface area (TPSA) is 35.9 Å². The molecule has 0 amide bonds. The first-order valence-electron chi connectivity index (χ1n) is 27.0. The van der Waals surface area contributed by atoms with Crippen molar-refractivity contribution < 1.29 is 25.8 Å².